The Hall–Kier alpha value is -1.29. The third-order valence-corrected chi connectivity index (χ3v) is 6.22. The summed E-state index contributed by atoms with van der Waals surface area (Å²) in [6, 6.07) is 0. The molecule has 8 heteroatoms. The van der Waals surface area contributed by atoms with Crippen LogP contribution in [0, 0.1) is 11.8 Å². The highest BCUT2D eigenvalue weighted by Gasteiger charge is 2.46. The maximum absolute atomic E-state index is 11.1. The Morgan fingerprint density at radius 3 is 2.45 bits per heavy atom. The minimum absolute atomic E-state index is 0.0451. The van der Waals surface area contributed by atoms with Crippen LogP contribution in [0.5, 0.6) is 0 Å². The number of aliphatic hydroxyl groups excluding tert-OH is 4. The summed E-state index contributed by atoms with van der Waals surface area (Å²) in [5, 5.41) is 41.3. The van der Waals surface area contributed by atoms with Gasteiger partial charge in [-0.15, -0.1) is 0 Å². The number of carbonyl (C=O) groups is 1. The van der Waals surface area contributed by atoms with Crippen LogP contribution < -0.4 is 0 Å². The first-order valence-corrected chi connectivity index (χ1v) is 11.0. The molecular weight excluding hydrogens is 404 g/mol. The van der Waals surface area contributed by atoms with Gasteiger partial charge < -0.3 is 34.6 Å². The van der Waals surface area contributed by atoms with E-state index in [1.54, 1.807) is 0 Å². The topological polar surface area (TPSA) is 126 Å². The molecule has 8 atom stereocenters. The summed E-state index contributed by atoms with van der Waals surface area (Å²) in [5.41, 5.74) is 1.83. The van der Waals surface area contributed by atoms with Gasteiger partial charge in [-0.1, -0.05) is 32.1 Å². The van der Waals surface area contributed by atoms with E-state index in [-0.39, 0.29) is 18.4 Å². The normalized spacial score (nSPS) is 39.6. The standard InChI is InChI=1S/C23H38O8/c1-12(2)16-8-7-14(4)17(25)9-6-13(3)10-18(16)30-23-22(28)21(27)20(26)19(31-23)11-29-15(5)24/h10,12,16-23,25-28H,4,6-9,11H2,1-3,5H3/b13-10+/t16-,17+,18-,19-,20+,21+,22+,23-/m0/s1. The Bertz CT molecular complexity index is 645. The number of carbonyl (C=O) groups excluding carboxylic acids is 1. The van der Waals surface area contributed by atoms with Gasteiger partial charge in [-0.2, -0.15) is 0 Å². The van der Waals surface area contributed by atoms with Gasteiger partial charge in [0.2, 0.25) is 0 Å². The fraction of sp³-hybridized carbons (Fsp3) is 0.783. The first-order valence-electron chi connectivity index (χ1n) is 11.0. The lowest BCUT2D eigenvalue weighted by Crippen LogP contribution is -2.60. The Balaban J connectivity index is 2.24. The van der Waals surface area contributed by atoms with Crippen LogP contribution in [0.4, 0.5) is 0 Å². The molecule has 8 nitrogen and oxygen atoms in total. The smallest absolute Gasteiger partial charge is 0.302 e. The first kappa shape index (κ1) is 26.0. The molecule has 31 heavy (non-hydrogen) atoms. The average molecular weight is 443 g/mol. The highest BCUT2D eigenvalue weighted by Crippen LogP contribution is 2.33. The van der Waals surface area contributed by atoms with Gasteiger partial charge in [0, 0.05) is 6.92 Å². The van der Waals surface area contributed by atoms with Gasteiger partial charge in [-0.3, -0.25) is 4.79 Å². The number of esters is 1. The molecule has 1 heterocycles. The summed E-state index contributed by atoms with van der Waals surface area (Å²) in [6.07, 6.45) is -2.93. The van der Waals surface area contributed by atoms with Gasteiger partial charge >= 0.3 is 5.97 Å². The zero-order valence-electron chi connectivity index (χ0n) is 18.9. The van der Waals surface area contributed by atoms with Gasteiger partial charge in [0.15, 0.2) is 6.29 Å². The van der Waals surface area contributed by atoms with Crippen molar-refractivity contribution in [3.8, 4) is 0 Å². The van der Waals surface area contributed by atoms with Crippen LogP contribution >= 0.6 is 0 Å². The van der Waals surface area contributed by atoms with Gasteiger partial charge in [-0.05, 0) is 50.0 Å². The van der Waals surface area contributed by atoms with Crippen LogP contribution in [0.2, 0.25) is 0 Å². The van der Waals surface area contributed by atoms with Crippen molar-refractivity contribution < 1.29 is 39.4 Å². The predicted octanol–water partition coefficient (Wildman–Crippen LogP) is 1.45. The Morgan fingerprint density at radius 2 is 1.84 bits per heavy atom. The number of ether oxygens (including phenoxy) is 3. The summed E-state index contributed by atoms with van der Waals surface area (Å²) in [5.74, 6) is -0.266. The summed E-state index contributed by atoms with van der Waals surface area (Å²) >= 11 is 0. The summed E-state index contributed by atoms with van der Waals surface area (Å²) in [6.45, 7) is 11.1. The van der Waals surface area contributed by atoms with Gasteiger partial charge in [0.05, 0.1) is 12.2 Å². The molecule has 0 aromatic carbocycles. The molecule has 4 N–H and O–H groups in total. The zero-order chi connectivity index (χ0) is 23.3. The lowest BCUT2D eigenvalue weighted by atomic mass is 9.82. The lowest BCUT2D eigenvalue weighted by molar-refractivity contribution is -0.312. The maximum Gasteiger partial charge on any atom is 0.302 e. The van der Waals surface area contributed by atoms with Crippen molar-refractivity contribution >= 4 is 5.97 Å². The average Bonchev–Trinajstić information content (AvgIpc) is 2.70. The Kier molecular flexibility index (Phi) is 9.66. The second kappa shape index (κ2) is 11.5. The van der Waals surface area contributed by atoms with Crippen LogP contribution in [0.15, 0.2) is 23.8 Å². The lowest BCUT2D eigenvalue weighted by Gasteiger charge is -2.42. The first-order chi connectivity index (χ1) is 14.5. The Labute approximate surface area is 184 Å². The monoisotopic (exact) mass is 442 g/mol. The Morgan fingerprint density at radius 1 is 1.16 bits per heavy atom. The number of allylic oxidation sites excluding steroid dienone is 1. The van der Waals surface area contributed by atoms with E-state index in [9.17, 15) is 25.2 Å². The highest BCUT2D eigenvalue weighted by atomic mass is 16.7. The van der Waals surface area contributed by atoms with E-state index in [1.807, 2.05) is 13.0 Å². The molecule has 0 aromatic heterocycles. The number of hydrogen-bond acceptors (Lipinski definition) is 8. The number of hydrogen-bond donors (Lipinski definition) is 4. The van der Waals surface area contributed by atoms with E-state index in [1.165, 1.54) is 6.92 Å². The predicted molar refractivity (Wildman–Crippen MR) is 114 cm³/mol. The molecule has 0 saturated carbocycles. The molecule has 1 saturated heterocycles. The number of aliphatic hydroxyl groups is 4. The second-order valence-corrected chi connectivity index (χ2v) is 9.09. The number of rotatable bonds is 5. The molecule has 1 fully saturated rings. The van der Waals surface area contributed by atoms with Crippen molar-refractivity contribution in [3.05, 3.63) is 23.8 Å². The fourth-order valence-corrected chi connectivity index (χ4v) is 4.11. The molecule has 2 aliphatic rings. The van der Waals surface area contributed by atoms with Gasteiger partial charge in [0.1, 0.15) is 31.0 Å². The second-order valence-electron chi connectivity index (χ2n) is 9.09. The molecule has 2 rings (SSSR count). The highest BCUT2D eigenvalue weighted by molar-refractivity contribution is 5.65. The largest absolute Gasteiger partial charge is 0.463 e. The summed E-state index contributed by atoms with van der Waals surface area (Å²) in [4.78, 5) is 11.1. The van der Waals surface area contributed by atoms with E-state index in [2.05, 4.69) is 20.4 Å². The third kappa shape index (κ3) is 7.10. The summed E-state index contributed by atoms with van der Waals surface area (Å²) < 4.78 is 16.8. The van der Waals surface area contributed by atoms with Crippen LogP contribution in [-0.2, 0) is 19.0 Å². The molecule has 1 aliphatic heterocycles. The molecule has 0 radical (unpaired) electrons. The quantitative estimate of drug-likeness (QED) is 0.372. The van der Waals surface area contributed by atoms with E-state index in [0.717, 1.165) is 17.6 Å². The molecule has 1 aliphatic carbocycles. The third-order valence-electron chi connectivity index (χ3n) is 6.22. The minimum Gasteiger partial charge on any atom is -0.463 e. The molecule has 0 spiro atoms. The summed E-state index contributed by atoms with van der Waals surface area (Å²) in [7, 11) is 0. The van der Waals surface area contributed by atoms with Crippen LogP contribution in [0.1, 0.15) is 53.4 Å². The van der Waals surface area contributed by atoms with Crippen molar-refractivity contribution in [2.45, 2.75) is 96.3 Å². The van der Waals surface area contributed by atoms with Gasteiger partial charge in [-0.25, -0.2) is 0 Å². The van der Waals surface area contributed by atoms with E-state index in [0.29, 0.717) is 19.3 Å². The van der Waals surface area contributed by atoms with Crippen molar-refractivity contribution in [2.75, 3.05) is 6.61 Å². The van der Waals surface area contributed by atoms with E-state index >= 15 is 0 Å². The van der Waals surface area contributed by atoms with Crippen molar-refractivity contribution in [1.82, 2.24) is 0 Å². The van der Waals surface area contributed by atoms with Crippen molar-refractivity contribution in [2.24, 2.45) is 11.8 Å². The van der Waals surface area contributed by atoms with Crippen LogP contribution in [0.3, 0.4) is 0 Å². The van der Waals surface area contributed by atoms with Crippen LogP contribution in [0.25, 0.3) is 0 Å². The molecule has 0 amide bonds. The maximum atomic E-state index is 11.1. The minimum atomic E-state index is -1.50. The van der Waals surface area contributed by atoms with Crippen molar-refractivity contribution in [1.29, 1.82) is 0 Å². The van der Waals surface area contributed by atoms with Gasteiger partial charge in [0.25, 0.3) is 0 Å². The molecule has 0 aromatic rings. The molecule has 0 bridgehead atoms. The molecule has 178 valence electrons. The van der Waals surface area contributed by atoms with Crippen molar-refractivity contribution in [3.63, 3.8) is 0 Å². The van der Waals surface area contributed by atoms with E-state index < -0.39 is 48.9 Å². The molecular formula is C23H38O8. The van der Waals surface area contributed by atoms with E-state index in [4.69, 9.17) is 14.2 Å². The molecule has 0 unspecified atom stereocenters. The zero-order valence-corrected chi connectivity index (χ0v) is 18.9. The fourth-order valence-electron chi connectivity index (χ4n) is 4.11. The van der Waals surface area contributed by atoms with Crippen LogP contribution in [-0.4, -0.2) is 75.9 Å². The SMILES string of the molecule is C=C1CC[C@@H](C(C)C)[C@@H](O[C@H]2O[C@@H](COC(C)=O)[C@@H](O)[C@@H](O)[C@H]2O)/C=C(\C)CC[C@H]1O.